The topological polar surface area (TPSA) is 69.6 Å². The summed E-state index contributed by atoms with van der Waals surface area (Å²) in [5.41, 5.74) is 0. The first kappa shape index (κ1) is 10.4. The third kappa shape index (κ3) is 2.28. The van der Waals surface area contributed by atoms with Gasteiger partial charge in [-0.2, -0.15) is 0 Å². The highest BCUT2D eigenvalue weighted by molar-refractivity contribution is 5.82. The lowest BCUT2D eigenvalue weighted by molar-refractivity contribution is -0.150. The van der Waals surface area contributed by atoms with E-state index in [9.17, 15) is 9.59 Å². The quantitative estimate of drug-likeness (QED) is 0.669. The predicted molar refractivity (Wildman–Crippen MR) is 53.3 cm³/mol. The SMILES string of the molecule is CC(C(=O)NC1CC1)N1CC(C(=O)O)C1. The number of amides is 1. The highest BCUT2D eigenvalue weighted by atomic mass is 16.4. The van der Waals surface area contributed by atoms with Crippen LogP contribution in [0.5, 0.6) is 0 Å². The van der Waals surface area contributed by atoms with Gasteiger partial charge in [0.2, 0.25) is 5.91 Å². The van der Waals surface area contributed by atoms with Gasteiger partial charge in [0.05, 0.1) is 12.0 Å². The Bertz CT molecular complexity index is 282. The molecule has 0 aromatic heterocycles. The van der Waals surface area contributed by atoms with Crippen LogP contribution in [0, 0.1) is 5.92 Å². The normalized spacial score (nSPS) is 24.3. The first-order chi connectivity index (χ1) is 7.08. The fraction of sp³-hybridized carbons (Fsp3) is 0.800. The Morgan fingerprint density at radius 3 is 2.47 bits per heavy atom. The van der Waals surface area contributed by atoms with Crippen LogP contribution < -0.4 is 5.32 Å². The zero-order chi connectivity index (χ0) is 11.0. The van der Waals surface area contributed by atoms with Gasteiger partial charge in [0.1, 0.15) is 0 Å². The lowest BCUT2D eigenvalue weighted by atomic mass is 9.98. The van der Waals surface area contributed by atoms with Gasteiger partial charge in [-0.25, -0.2) is 0 Å². The third-order valence-corrected chi connectivity index (χ3v) is 3.11. The van der Waals surface area contributed by atoms with Crippen LogP contribution in [0.25, 0.3) is 0 Å². The van der Waals surface area contributed by atoms with Crippen LogP contribution in [0.3, 0.4) is 0 Å². The number of aliphatic carboxylic acids is 1. The molecule has 1 saturated carbocycles. The van der Waals surface area contributed by atoms with E-state index in [1.54, 1.807) is 0 Å². The molecular weight excluding hydrogens is 196 g/mol. The zero-order valence-electron chi connectivity index (χ0n) is 8.77. The lowest BCUT2D eigenvalue weighted by Gasteiger charge is -2.40. The Morgan fingerprint density at radius 1 is 1.40 bits per heavy atom. The molecule has 1 amide bonds. The molecule has 0 aromatic rings. The number of nitrogens with one attached hydrogen (secondary N) is 1. The van der Waals surface area contributed by atoms with Crippen molar-refractivity contribution in [1.29, 1.82) is 0 Å². The molecule has 2 rings (SSSR count). The van der Waals surface area contributed by atoms with E-state index in [0.717, 1.165) is 12.8 Å². The van der Waals surface area contributed by atoms with Gasteiger partial charge in [-0.15, -0.1) is 0 Å². The number of likely N-dealkylation sites (tertiary alicyclic amines) is 1. The Balaban J connectivity index is 1.74. The Hall–Kier alpha value is -1.10. The van der Waals surface area contributed by atoms with Gasteiger partial charge in [-0.05, 0) is 19.8 Å². The molecule has 5 nitrogen and oxygen atoms in total. The van der Waals surface area contributed by atoms with Crippen molar-refractivity contribution in [2.24, 2.45) is 5.92 Å². The molecule has 0 aromatic carbocycles. The van der Waals surface area contributed by atoms with Crippen molar-refractivity contribution in [3.8, 4) is 0 Å². The molecule has 2 fully saturated rings. The van der Waals surface area contributed by atoms with Gasteiger partial charge in [0, 0.05) is 19.1 Å². The van der Waals surface area contributed by atoms with Crippen LogP contribution >= 0.6 is 0 Å². The predicted octanol–water partition coefficient (Wildman–Crippen LogP) is -0.330. The van der Waals surface area contributed by atoms with E-state index >= 15 is 0 Å². The van der Waals surface area contributed by atoms with Crippen molar-refractivity contribution < 1.29 is 14.7 Å². The molecule has 1 saturated heterocycles. The smallest absolute Gasteiger partial charge is 0.309 e. The van der Waals surface area contributed by atoms with Crippen molar-refractivity contribution in [1.82, 2.24) is 10.2 Å². The maximum absolute atomic E-state index is 11.6. The number of carboxylic acid groups (broad SMARTS) is 1. The van der Waals surface area contributed by atoms with Crippen molar-refractivity contribution in [3.63, 3.8) is 0 Å². The van der Waals surface area contributed by atoms with Crippen molar-refractivity contribution in [2.45, 2.75) is 31.8 Å². The first-order valence-corrected chi connectivity index (χ1v) is 5.35. The number of hydrogen-bond donors (Lipinski definition) is 2. The number of nitrogens with zero attached hydrogens (tertiary/aromatic N) is 1. The zero-order valence-corrected chi connectivity index (χ0v) is 8.77. The second-order valence-corrected chi connectivity index (χ2v) is 4.45. The number of rotatable bonds is 4. The summed E-state index contributed by atoms with van der Waals surface area (Å²) in [6, 6.07) is 0.178. The highest BCUT2D eigenvalue weighted by Crippen LogP contribution is 2.21. The minimum atomic E-state index is -0.763. The van der Waals surface area contributed by atoms with Gasteiger partial charge in [-0.1, -0.05) is 0 Å². The van der Waals surface area contributed by atoms with Gasteiger partial charge >= 0.3 is 5.97 Å². The van der Waals surface area contributed by atoms with Gasteiger partial charge in [0.15, 0.2) is 0 Å². The van der Waals surface area contributed by atoms with Crippen LogP contribution in [0.2, 0.25) is 0 Å². The number of carbonyl (C=O) groups is 2. The van der Waals surface area contributed by atoms with E-state index in [4.69, 9.17) is 5.11 Å². The van der Waals surface area contributed by atoms with E-state index in [1.807, 2.05) is 11.8 Å². The molecule has 2 aliphatic rings. The Labute approximate surface area is 88.4 Å². The summed E-state index contributed by atoms with van der Waals surface area (Å²) in [5.74, 6) is -1.02. The molecule has 1 aliphatic heterocycles. The number of hydrogen-bond acceptors (Lipinski definition) is 3. The fourth-order valence-corrected chi connectivity index (χ4v) is 1.70. The van der Waals surface area contributed by atoms with Crippen LogP contribution in [0.4, 0.5) is 0 Å². The molecule has 84 valence electrons. The third-order valence-electron chi connectivity index (χ3n) is 3.11. The maximum atomic E-state index is 11.6. The number of carboxylic acids is 1. The molecule has 5 heteroatoms. The monoisotopic (exact) mass is 212 g/mol. The average Bonchev–Trinajstić information content (AvgIpc) is 2.84. The minimum Gasteiger partial charge on any atom is -0.481 e. The molecule has 1 unspecified atom stereocenters. The van der Waals surface area contributed by atoms with Crippen LogP contribution in [0.15, 0.2) is 0 Å². The van der Waals surface area contributed by atoms with Crippen LogP contribution in [-0.2, 0) is 9.59 Å². The summed E-state index contributed by atoms with van der Waals surface area (Å²) in [5, 5.41) is 11.6. The largest absolute Gasteiger partial charge is 0.481 e. The molecule has 1 heterocycles. The molecule has 15 heavy (non-hydrogen) atoms. The fourth-order valence-electron chi connectivity index (χ4n) is 1.70. The molecule has 0 radical (unpaired) electrons. The van der Waals surface area contributed by atoms with Gasteiger partial charge < -0.3 is 10.4 Å². The van der Waals surface area contributed by atoms with E-state index in [0.29, 0.717) is 19.1 Å². The van der Waals surface area contributed by atoms with E-state index in [1.165, 1.54) is 0 Å². The maximum Gasteiger partial charge on any atom is 0.309 e. The summed E-state index contributed by atoms with van der Waals surface area (Å²) in [7, 11) is 0. The highest BCUT2D eigenvalue weighted by Gasteiger charge is 2.38. The summed E-state index contributed by atoms with van der Waals surface area (Å²) >= 11 is 0. The Morgan fingerprint density at radius 2 is 2.00 bits per heavy atom. The molecule has 1 atom stereocenters. The van der Waals surface area contributed by atoms with Gasteiger partial charge in [-0.3, -0.25) is 14.5 Å². The van der Waals surface area contributed by atoms with Gasteiger partial charge in [0.25, 0.3) is 0 Å². The van der Waals surface area contributed by atoms with E-state index < -0.39 is 5.97 Å². The summed E-state index contributed by atoms with van der Waals surface area (Å²) in [4.78, 5) is 24.1. The second-order valence-electron chi connectivity index (χ2n) is 4.45. The Kier molecular flexibility index (Phi) is 2.65. The van der Waals surface area contributed by atoms with Crippen molar-refractivity contribution in [3.05, 3.63) is 0 Å². The first-order valence-electron chi connectivity index (χ1n) is 5.35. The van der Waals surface area contributed by atoms with Crippen molar-refractivity contribution in [2.75, 3.05) is 13.1 Å². The second kappa shape index (κ2) is 3.81. The molecule has 0 spiro atoms. The van der Waals surface area contributed by atoms with Crippen molar-refractivity contribution >= 4 is 11.9 Å². The summed E-state index contributed by atoms with van der Waals surface area (Å²) in [6.07, 6.45) is 2.16. The molecule has 2 N–H and O–H groups in total. The number of carbonyl (C=O) groups excluding carboxylic acids is 1. The van der Waals surface area contributed by atoms with E-state index in [-0.39, 0.29) is 17.9 Å². The molecular formula is C10H16N2O3. The average molecular weight is 212 g/mol. The summed E-state index contributed by atoms with van der Waals surface area (Å²) < 4.78 is 0. The van der Waals surface area contributed by atoms with Crippen LogP contribution in [-0.4, -0.2) is 47.1 Å². The van der Waals surface area contributed by atoms with Crippen LogP contribution in [0.1, 0.15) is 19.8 Å². The molecule has 0 bridgehead atoms. The molecule has 1 aliphatic carbocycles. The lowest BCUT2D eigenvalue weighted by Crippen LogP contribution is -2.58. The van der Waals surface area contributed by atoms with E-state index in [2.05, 4.69) is 5.32 Å². The standard InChI is InChI=1S/C10H16N2O3/c1-6(9(13)11-8-2-3-8)12-4-7(5-12)10(14)15/h6-8H,2-5H2,1H3,(H,11,13)(H,14,15). The minimum absolute atomic E-state index is 0.0290. The summed E-state index contributed by atoms with van der Waals surface area (Å²) in [6.45, 7) is 2.82.